The van der Waals surface area contributed by atoms with Gasteiger partial charge >= 0.3 is 5.97 Å². The third-order valence-electron chi connectivity index (χ3n) is 2.35. The van der Waals surface area contributed by atoms with E-state index in [1.165, 1.54) is 20.3 Å². The van der Waals surface area contributed by atoms with Crippen LogP contribution in [0.15, 0.2) is 18.2 Å². The maximum atomic E-state index is 10.5. The highest BCUT2D eigenvalue weighted by Gasteiger charge is 2.13. The van der Waals surface area contributed by atoms with E-state index in [4.69, 9.17) is 19.3 Å². The van der Waals surface area contributed by atoms with Crippen LogP contribution in [0.3, 0.4) is 0 Å². The van der Waals surface area contributed by atoms with Gasteiger partial charge in [0.1, 0.15) is 0 Å². The molecule has 1 aromatic rings. The summed E-state index contributed by atoms with van der Waals surface area (Å²) in [4.78, 5) is 10.5. The van der Waals surface area contributed by atoms with E-state index < -0.39 is 5.97 Å². The van der Waals surface area contributed by atoms with E-state index in [9.17, 15) is 4.79 Å². The number of rotatable bonds is 7. The van der Waals surface area contributed by atoms with Crippen LogP contribution < -0.4 is 14.2 Å². The molecule has 0 saturated heterocycles. The van der Waals surface area contributed by atoms with Gasteiger partial charge in [0, 0.05) is 6.08 Å². The molecule has 0 heterocycles. The lowest BCUT2D eigenvalue weighted by molar-refractivity contribution is -0.131. The second-order valence-electron chi connectivity index (χ2n) is 3.77. The molecule has 19 heavy (non-hydrogen) atoms. The van der Waals surface area contributed by atoms with Gasteiger partial charge in [-0.1, -0.05) is 6.92 Å². The summed E-state index contributed by atoms with van der Waals surface area (Å²) in [6, 6.07) is 3.40. The quantitative estimate of drug-likeness (QED) is 0.768. The molecule has 1 N–H and O–H groups in total. The Morgan fingerprint density at radius 3 is 2.26 bits per heavy atom. The maximum Gasteiger partial charge on any atom is 0.328 e. The van der Waals surface area contributed by atoms with Gasteiger partial charge in [0.2, 0.25) is 5.75 Å². The number of carboxylic acids is 1. The SMILES string of the molecule is CCCOc1c(OC)cc(C=CC(=O)O)cc1OC. The van der Waals surface area contributed by atoms with Crippen molar-refractivity contribution in [2.75, 3.05) is 20.8 Å². The number of ether oxygens (including phenoxy) is 3. The van der Waals surface area contributed by atoms with Crippen molar-refractivity contribution in [3.05, 3.63) is 23.8 Å². The fourth-order valence-corrected chi connectivity index (χ4v) is 1.51. The molecule has 0 aromatic heterocycles. The second-order valence-corrected chi connectivity index (χ2v) is 3.77. The Morgan fingerprint density at radius 2 is 1.84 bits per heavy atom. The minimum atomic E-state index is -1.01. The summed E-state index contributed by atoms with van der Waals surface area (Å²) >= 11 is 0. The number of carboxylic acid groups (broad SMARTS) is 1. The summed E-state index contributed by atoms with van der Waals surface area (Å²) in [7, 11) is 3.05. The van der Waals surface area contributed by atoms with E-state index in [0.29, 0.717) is 29.4 Å². The maximum absolute atomic E-state index is 10.5. The predicted octanol–water partition coefficient (Wildman–Crippen LogP) is 2.59. The van der Waals surface area contributed by atoms with Crippen LogP contribution >= 0.6 is 0 Å². The molecule has 0 fully saturated rings. The summed E-state index contributed by atoms with van der Waals surface area (Å²) in [6.07, 6.45) is 3.39. The molecule has 0 spiro atoms. The van der Waals surface area contributed by atoms with Crippen molar-refractivity contribution in [1.82, 2.24) is 0 Å². The number of hydrogen-bond acceptors (Lipinski definition) is 4. The van der Waals surface area contributed by atoms with E-state index in [1.807, 2.05) is 6.92 Å². The Hall–Kier alpha value is -2.17. The van der Waals surface area contributed by atoms with Crippen LogP contribution in [0.25, 0.3) is 6.08 Å². The Kier molecular flexibility index (Phi) is 5.73. The molecular weight excluding hydrogens is 248 g/mol. The Balaban J connectivity index is 3.15. The topological polar surface area (TPSA) is 65.0 Å². The number of benzene rings is 1. The van der Waals surface area contributed by atoms with Crippen LogP contribution in [-0.4, -0.2) is 31.9 Å². The van der Waals surface area contributed by atoms with Crippen molar-refractivity contribution in [3.8, 4) is 17.2 Å². The lowest BCUT2D eigenvalue weighted by atomic mass is 10.1. The van der Waals surface area contributed by atoms with Gasteiger partial charge in [-0.15, -0.1) is 0 Å². The van der Waals surface area contributed by atoms with E-state index in [1.54, 1.807) is 12.1 Å². The lowest BCUT2D eigenvalue weighted by Crippen LogP contribution is -2.01. The molecule has 0 unspecified atom stereocenters. The Labute approximate surface area is 112 Å². The molecule has 0 radical (unpaired) electrons. The first kappa shape index (κ1) is 14.9. The molecule has 1 rings (SSSR count). The third-order valence-corrected chi connectivity index (χ3v) is 2.35. The molecule has 1 aromatic carbocycles. The molecule has 0 bridgehead atoms. The zero-order valence-electron chi connectivity index (χ0n) is 11.3. The van der Waals surface area contributed by atoms with Gasteiger partial charge in [-0.2, -0.15) is 0 Å². The summed E-state index contributed by atoms with van der Waals surface area (Å²) in [5.74, 6) is 0.541. The molecule has 0 aliphatic heterocycles. The van der Waals surface area contributed by atoms with Crippen molar-refractivity contribution in [2.45, 2.75) is 13.3 Å². The van der Waals surface area contributed by atoms with E-state index >= 15 is 0 Å². The van der Waals surface area contributed by atoms with E-state index in [-0.39, 0.29) is 0 Å². The van der Waals surface area contributed by atoms with Crippen molar-refractivity contribution in [3.63, 3.8) is 0 Å². The van der Waals surface area contributed by atoms with Crippen LogP contribution in [0.5, 0.6) is 17.2 Å². The largest absolute Gasteiger partial charge is 0.493 e. The van der Waals surface area contributed by atoms with Gasteiger partial charge in [-0.05, 0) is 30.2 Å². The lowest BCUT2D eigenvalue weighted by Gasteiger charge is -2.14. The molecule has 0 aliphatic rings. The summed E-state index contributed by atoms with van der Waals surface area (Å²) in [6.45, 7) is 2.56. The minimum Gasteiger partial charge on any atom is -0.493 e. The Morgan fingerprint density at radius 1 is 1.26 bits per heavy atom. The smallest absolute Gasteiger partial charge is 0.328 e. The van der Waals surface area contributed by atoms with Crippen LogP contribution in [0.4, 0.5) is 0 Å². The van der Waals surface area contributed by atoms with Gasteiger partial charge in [0.25, 0.3) is 0 Å². The molecule has 0 aliphatic carbocycles. The summed E-state index contributed by atoms with van der Waals surface area (Å²) in [5.41, 5.74) is 0.667. The normalized spacial score (nSPS) is 10.5. The Bertz CT molecular complexity index is 440. The highest BCUT2D eigenvalue weighted by molar-refractivity contribution is 5.85. The first-order valence-corrected chi connectivity index (χ1v) is 5.92. The van der Waals surface area contributed by atoms with Gasteiger partial charge in [-0.3, -0.25) is 0 Å². The molecule has 0 atom stereocenters. The van der Waals surface area contributed by atoms with Crippen molar-refractivity contribution in [2.24, 2.45) is 0 Å². The first-order chi connectivity index (χ1) is 9.12. The molecular formula is C14H18O5. The fraction of sp³-hybridized carbons (Fsp3) is 0.357. The van der Waals surface area contributed by atoms with Gasteiger partial charge < -0.3 is 19.3 Å². The molecule has 0 amide bonds. The molecule has 0 saturated carbocycles. The summed E-state index contributed by atoms with van der Waals surface area (Å²) in [5, 5.41) is 8.62. The predicted molar refractivity (Wildman–Crippen MR) is 72.0 cm³/mol. The second kappa shape index (κ2) is 7.31. The fourth-order valence-electron chi connectivity index (χ4n) is 1.51. The van der Waals surface area contributed by atoms with E-state index in [0.717, 1.165) is 12.5 Å². The average Bonchev–Trinajstić information content (AvgIpc) is 2.42. The van der Waals surface area contributed by atoms with Crippen molar-refractivity contribution in [1.29, 1.82) is 0 Å². The van der Waals surface area contributed by atoms with Crippen LogP contribution in [-0.2, 0) is 4.79 Å². The first-order valence-electron chi connectivity index (χ1n) is 5.92. The number of hydrogen-bond donors (Lipinski definition) is 1. The monoisotopic (exact) mass is 266 g/mol. The molecule has 5 nitrogen and oxygen atoms in total. The van der Waals surface area contributed by atoms with Gasteiger partial charge in [0.05, 0.1) is 20.8 Å². The van der Waals surface area contributed by atoms with Crippen LogP contribution in [0.2, 0.25) is 0 Å². The standard InChI is InChI=1S/C14H18O5/c1-4-7-19-14-11(17-2)8-10(5-6-13(15)16)9-12(14)18-3/h5-6,8-9H,4,7H2,1-3H3,(H,15,16). The highest BCUT2D eigenvalue weighted by Crippen LogP contribution is 2.38. The number of methoxy groups -OCH3 is 2. The average molecular weight is 266 g/mol. The van der Waals surface area contributed by atoms with Gasteiger partial charge in [0.15, 0.2) is 11.5 Å². The van der Waals surface area contributed by atoms with Crippen molar-refractivity contribution < 1.29 is 24.1 Å². The van der Waals surface area contributed by atoms with Gasteiger partial charge in [-0.25, -0.2) is 4.79 Å². The zero-order valence-corrected chi connectivity index (χ0v) is 11.3. The number of aliphatic carboxylic acids is 1. The zero-order chi connectivity index (χ0) is 14.3. The number of carbonyl (C=O) groups is 1. The third kappa shape index (κ3) is 4.21. The minimum absolute atomic E-state index is 0.512. The van der Waals surface area contributed by atoms with Crippen LogP contribution in [0, 0.1) is 0 Å². The molecule has 104 valence electrons. The van der Waals surface area contributed by atoms with Crippen LogP contribution in [0.1, 0.15) is 18.9 Å². The summed E-state index contributed by atoms with van der Waals surface area (Å²) < 4.78 is 16.1. The molecule has 5 heteroatoms. The highest BCUT2D eigenvalue weighted by atomic mass is 16.5. The van der Waals surface area contributed by atoms with E-state index in [2.05, 4.69) is 0 Å². The van der Waals surface area contributed by atoms with Crippen molar-refractivity contribution >= 4 is 12.0 Å².